The molecule has 4 rings (SSSR count). The Kier molecular flexibility index (Phi) is 3.42. The van der Waals surface area contributed by atoms with E-state index in [0.29, 0.717) is 16.5 Å². The first kappa shape index (κ1) is 15.2. The van der Waals surface area contributed by atoms with Crippen molar-refractivity contribution >= 4 is 28.3 Å². The van der Waals surface area contributed by atoms with Crippen molar-refractivity contribution in [1.82, 2.24) is 15.0 Å². The minimum Gasteiger partial charge on any atom is -0.315 e. The largest absolute Gasteiger partial charge is 0.315 e. The van der Waals surface area contributed by atoms with Gasteiger partial charge in [0.15, 0.2) is 5.78 Å². The van der Waals surface area contributed by atoms with Crippen LogP contribution in [0.3, 0.4) is 0 Å². The maximum atomic E-state index is 12.5. The van der Waals surface area contributed by atoms with Crippen LogP contribution in [-0.2, 0) is 17.8 Å². The molecule has 0 saturated carbocycles. The summed E-state index contributed by atoms with van der Waals surface area (Å²) in [6, 6.07) is 12.0. The second-order valence-corrected chi connectivity index (χ2v) is 5.97. The summed E-state index contributed by atoms with van der Waals surface area (Å²) >= 11 is 0. The highest BCUT2D eigenvalue weighted by Gasteiger charge is 2.25. The zero-order valence-corrected chi connectivity index (χ0v) is 13.5. The molecule has 0 unspecified atom stereocenters. The number of carbonyl (C=O) groups excluding carboxylic acids is 2. The van der Waals surface area contributed by atoms with Gasteiger partial charge in [0.1, 0.15) is 12.1 Å². The molecule has 0 bridgehead atoms. The zero-order chi connectivity index (χ0) is 17.6. The molecule has 1 aliphatic rings. The number of anilines is 1. The van der Waals surface area contributed by atoms with E-state index in [2.05, 4.69) is 10.3 Å². The number of ketones is 1. The fraction of sp³-hybridized carbons (Fsp3) is 0.167. The molecule has 1 aromatic heterocycles. The molecule has 0 N–H and O–H groups in total. The van der Waals surface area contributed by atoms with Crippen LogP contribution in [0.25, 0.3) is 10.9 Å². The molecule has 0 spiro atoms. The van der Waals surface area contributed by atoms with Crippen LogP contribution >= 0.6 is 0 Å². The lowest BCUT2D eigenvalue weighted by atomic mass is 10.1. The first-order valence-corrected chi connectivity index (χ1v) is 7.80. The monoisotopic (exact) mass is 334 g/mol. The third kappa shape index (κ3) is 2.50. The van der Waals surface area contributed by atoms with Gasteiger partial charge in [0, 0.05) is 18.3 Å². The molecule has 0 radical (unpaired) electrons. The van der Waals surface area contributed by atoms with Gasteiger partial charge < -0.3 is 4.90 Å². The first-order valence-electron chi connectivity index (χ1n) is 7.80. The Morgan fingerprint density at radius 1 is 1.16 bits per heavy atom. The predicted octanol–water partition coefficient (Wildman–Crippen LogP) is 1.19. The average Bonchev–Trinajstić information content (AvgIpc) is 2.91. The van der Waals surface area contributed by atoms with Gasteiger partial charge in [-0.05, 0) is 35.9 Å². The van der Waals surface area contributed by atoms with E-state index in [4.69, 9.17) is 0 Å². The van der Waals surface area contributed by atoms with Crippen LogP contribution in [-0.4, -0.2) is 33.7 Å². The lowest BCUT2D eigenvalue weighted by Crippen LogP contribution is -2.27. The van der Waals surface area contributed by atoms with Gasteiger partial charge in [-0.15, -0.1) is 5.10 Å². The summed E-state index contributed by atoms with van der Waals surface area (Å²) in [6.45, 7) is -0.195. The molecule has 3 aromatic rings. The molecule has 2 heterocycles. The topological polar surface area (TPSA) is 85.2 Å². The smallest absolute Gasteiger partial charge is 0.278 e. The summed E-state index contributed by atoms with van der Waals surface area (Å²) in [5.74, 6) is -0.257. The highest BCUT2D eigenvalue weighted by atomic mass is 16.2. The number of nitrogens with zero attached hydrogens (tertiary/aromatic N) is 4. The maximum absolute atomic E-state index is 12.5. The standard InChI is InChI=1S/C18H14N4O3/c1-21-15-7-6-11(8-12(15)9-17(21)24)16(23)10-22-18(25)13-4-2-3-5-14(13)19-20-22/h2-8H,9-10H2,1H3. The summed E-state index contributed by atoms with van der Waals surface area (Å²) in [7, 11) is 1.71. The van der Waals surface area contributed by atoms with Crippen molar-refractivity contribution in [3.8, 4) is 0 Å². The van der Waals surface area contributed by atoms with Crippen molar-refractivity contribution in [3.05, 3.63) is 63.9 Å². The lowest BCUT2D eigenvalue weighted by molar-refractivity contribution is -0.117. The van der Waals surface area contributed by atoms with Gasteiger partial charge in [0.25, 0.3) is 5.56 Å². The highest BCUT2D eigenvalue weighted by Crippen LogP contribution is 2.28. The minimum atomic E-state index is -0.352. The summed E-state index contributed by atoms with van der Waals surface area (Å²) in [5, 5.41) is 8.24. The number of fused-ring (bicyclic) bond motifs is 2. The molecule has 1 aliphatic heterocycles. The van der Waals surface area contributed by atoms with E-state index in [1.807, 2.05) is 0 Å². The van der Waals surface area contributed by atoms with E-state index < -0.39 is 0 Å². The predicted molar refractivity (Wildman–Crippen MR) is 91.7 cm³/mol. The molecule has 1 amide bonds. The van der Waals surface area contributed by atoms with Gasteiger partial charge in [0.2, 0.25) is 5.91 Å². The first-order chi connectivity index (χ1) is 12.0. The van der Waals surface area contributed by atoms with Crippen molar-refractivity contribution in [1.29, 1.82) is 0 Å². The van der Waals surface area contributed by atoms with E-state index in [0.717, 1.165) is 15.9 Å². The molecule has 7 heteroatoms. The number of aromatic nitrogens is 3. The van der Waals surface area contributed by atoms with E-state index in [1.54, 1.807) is 54.4 Å². The van der Waals surface area contributed by atoms with Crippen molar-refractivity contribution in [2.24, 2.45) is 0 Å². The van der Waals surface area contributed by atoms with Crippen molar-refractivity contribution in [2.45, 2.75) is 13.0 Å². The quantitative estimate of drug-likeness (QED) is 0.672. The number of carbonyl (C=O) groups is 2. The second kappa shape index (κ2) is 5.62. The summed E-state index contributed by atoms with van der Waals surface area (Å²) in [6.07, 6.45) is 0.280. The second-order valence-electron chi connectivity index (χ2n) is 5.97. The molecule has 0 fully saturated rings. The van der Waals surface area contributed by atoms with Gasteiger partial charge >= 0.3 is 0 Å². The summed E-state index contributed by atoms with van der Waals surface area (Å²) < 4.78 is 1.06. The Bertz CT molecular complexity index is 1090. The molecule has 0 atom stereocenters. The Labute approximate surface area is 142 Å². The van der Waals surface area contributed by atoms with Crippen LogP contribution in [0.15, 0.2) is 47.3 Å². The van der Waals surface area contributed by atoms with Crippen LogP contribution in [0.4, 0.5) is 5.69 Å². The minimum absolute atomic E-state index is 0.00351. The van der Waals surface area contributed by atoms with Gasteiger partial charge in [-0.25, -0.2) is 4.68 Å². The number of Topliss-reactive ketones (excluding diaryl/α,β-unsaturated/α-hetero) is 1. The normalized spacial score (nSPS) is 13.3. The summed E-state index contributed by atoms with van der Waals surface area (Å²) in [5.41, 5.74) is 2.22. The third-order valence-corrected chi connectivity index (χ3v) is 4.40. The molecular weight excluding hydrogens is 320 g/mol. The molecule has 124 valence electrons. The number of amides is 1. The summed E-state index contributed by atoms with van der Waals surface area (Å²) in [4.78, 5) is 38.3. The molecule has 7 nitrogen and oxygen atoms in total. The number of hydrogen-bond donors (Lipinski definition) is 0. The average molecular weight is 334 g/mol. The van der Waals surface area contributed by atoms with Gasteiger partial charge in [-0.1, -0.05) is 17.3 Å². The van der Waals surface area contributed by atoms with Gasteiger partial charge in [-0.3, -0.25) is 14.4 Å². The Balaban J connectivity index is 1.65. The molecule has 0 saturated heterocycles. The zero-order valence-electron chi connectivity index (χ0n) is 13.5. The Hall–Kier alpha value is -3.35. The van der Waals surface area contributed by atoms with Crippen molar-refractivity contribution in [2.75, 3.05) is 11.9 Å². The molecule has 0 aliphatic carbocycles. The number of benzene rings is 2. The fourth-order valence-corrected chi connectivity index (χ4v) is 3.00. The fourth-order valence-electron chi connectivity index (χ4n) is 3.00. The van der Waals surface area contributed by atoms with E-state index in [-0.39, 0.29) is 30.2 Å². The van der Waals surface area contributed by atoms with Gasteiger partial charge in [0.05, 0.1) is 11.8 Å². The maximum Gasteiger partial charge on any atom is 0.278 e. The van der Waals surface area contributed by atoms with Crippen molar-refractivity contribution < 1.29 is 9.59 Å². The highest BCUT2D eigenvalue weighted by molar-refractivity contribution is 6.03. The number of likely N-dealkylation sites (N-methyl/N-ethyl adjacent to an activating group) is 1. The SMILES string of the molecule is CN1C(=O)Cc2cc(C(=O)Cn3nnc4ccccc4c3=O)ccc21. The number of hydrogen-bond acceptors (Lipinski definition) is 5. The lowest BCUT2D eigenvalue weighted by Gasteiger charge is -2.10. The van der Waals surface area contributed by atoms with E-state index in [1.165, 1.54) is 0 Å². The van der Waals surface area contributed by atoms with Crippen molar-refractivity contribution in [3.63, 3.8) is 0 Å². The Morgan fingerprint density at radius 3 is 2.80 bits per heavy atom. The van der Waals surface area contributed by atoms with E-state index >= 15 is 0 Å². The number of rotatable bonds is 3. The van der Waals surface area contributed by atoms with Crippen LogP contribution in [0.5, 0.6) is 0 Å². The van der Waals surface area contributed by atoms with E-state index in [9.17, 15) is 14.4 Å². The van der Waals surface area contributed by atoms with Crippen LogP contribution in [0, 0.1) is 0 Å². The molecule has 25 heavy (non-hydrogen) atoms. The van der Waals surface area contributed by atoms with Crippen LogP contribution in [0.1, 0.15) is 15.9 Å². The molecular formula is C18H14N4O3. The van der Waals surface area contributed by atoms with Gasteiger partial charge in [-0.2, -0.15) is 0 Å². The Morgan fingerprint density at radius 2 is 1.96 bits per heavy atom. The molecule has 2 aromatic carbocycles. The third-order valence-electron chi connectivity index (χ3n) is 4.40. The van der Waals surface area contributed by atoms with Crippen LogP contribution in [0.2, 0.25) is 0 Å². The van der Waals surface area contributed by atoms with Crippen LogP contribution < -0.4 is 10.5 Å².